The van der Waals surface area contributed by atoms with Crippen LogP contribution in [0.2, 0.25) is 0 Å². The second-order valence-corrected chi connectivity index (χ2v) is 13.3. The van der Waals surface area contributed by atoms with Crippen LogP contribution in [-0.2, 0) is 25.5 Å². The number of amides is 4. The highest BCUT2D eigenvalue weighted by Crippen LogP contribution is 2.32. The molecule has 4 amide bonds. The molecule has 0 aromatic heterocycles. The molecule has 1 aliphatic heterocycles. The van der Waals surface area contributed by atoms with Gasteiger partial charge in [0, 0.05) is 19.6 Å². The molecule has 1 saturated carbocycles. The topological polar surface area (TPSA) is 134 Å². The maximum atomic E-state index is 14.2. The highest BCUT2D eigenvalue weighted by Gasteiger charge is 2.44. The van der Waals surface area contributed by atoms with E-state index in [0.29, 0.717) is 6.42 Å². The lowest BCUT2D eigenvalue weighted by molar-refractivity contribution is -0.143. The Hall–Kier alpha value is -3.14. The van der Waals surface area contributed by atoms with Crippen LogP contribution in [0, 0.1) is 5.92 Å². The smallest absolute Gasteiger partial charge is 0.410 e. The van der Waals surface area contributed by atoms with E-state index < -0.39 is 35.7 Å². The Bertz CT molecular complexity index is 1140. The van der Waals surface area contributed by atoms with Gasteiger partial charge in [-0.2, -0.15) is 0 Å². The minimum Gasteiger partial charge on any atom is -0.444 e. The first kappa shape index (κ1) is 31.8. The molecule has 0 bridgehead atoms. The van der Waals surface area contributed by atoms with E-state index in [0.717, 1.165) is 56.9 Å². The average Bonchev–Trinajstić information content (AvgIpc) is 3.36. The predicted octanol–water partition coefficient (Wildman–Crippen LogP) is 3.43. The standard InChI is InChI=1S/C32H49N5O5/c1-20(36(5)31(41)42-32(2,3)4)28(38)35-27(22-13-7-6-8-14-22)30(40)37-19-23(33)18-26(37)29(39)34-25-17-11-15-21-12-9-10-16-24(21)25/h9-10,12,16,20,22-23,25-27H,6-8,11,13-15,17-19,33H2,1-5H3,(H,34,39)(H,35,38)/t20-,23-,25-,26-,27-/m0/s1. The van der Waals surface area contributed by atoms with Gasteiger partial charge in [-0.3, -0.25) is 19.3 Å². The zero-order valence-electron chi connectivity index (χ0n) is 25.9. The van der Waals surface area contributed by atoms with Crippen molar-refractivity contribution in [3.05, 3.63) is 35.4 Å². The minimum absolute atomic E-state index is 0.0556. The number of likely N-dealkylation sites (N-methyl/N-ethyl adjacent to an activating group) is 1. The SMILES string of the molecule is C[C@@H](C(=O)N[C@H](C(=O)N1C[C@@H](N)C[C@H]1C(=O)N[C@H]1CCCc2ccccc21)C1CCCCC1)N(C)C(=O)OC(C)(C)C. The molecule has 0 spiro atoms. The van der Waals surface area contributed by atoms with Crippen LogP contribution in [0.1, 0.15) is 96.2 Å². The molecule has 10 nitrogen and oxygen atoms in total. The lowest BCUT2D eigenvalue weighted by Gasteiger charge is -2.36. The molecule has 4 N–H and O–H groups in total. The first-order valence-corrected chi connectivity index (χ1v) is 15.6. The summed E-state index contributed by atoms with van der Waals surface area (Å²) in [6, 6.07) is 5.38. The number of hydrogen-bond donors (Lipinski definition) is 3. The van der Waals surface area contributed by atoms with Crippen molar-refractivity contribution >= 4 is 23.8 Å². The Kier molecular flexibility index (Phi) is 10.2. The van der Waals surface area contributed by atoms with Gasteiger partial charge in [0.15, 0.2) is 0 Å². The van der Waals surface area contributed by atoms with Gasteiger partial charge >= 0.3 is 6.09 Å². The molecule has 2 fully saturated rings. The van der Waals surface area contributed by atoms with E-state index >= 15 is 0 Å². The molecule has 1 saturated heterocycles. The first-order valence-electron chi connectivity index (χ1n) is 15.6. The highest BCUT2D eigenvalue weighted by atomic mass is 16.6. The van der Waals surface area contributed by atoms with Crippen molar-refractivity contribution in [3.8, 4) is 0 Å². The number of carbonyl (C=O) groups excluding carboxylic acids is 4. The summed E-state index contributed by atoms with van der Waals surface area (Å²) in [6.45, 7) is 7.17. The zero-order chi connectivity index (χ0) is 30.6. The van der Waals surface area contributed by atoms with E-state index in [1.807, 2.05) is 12.1 Å². The van der Waals surface area contributed by atoms with Crippen molar-refractivity contribution in [3.63, 3.8) is 0 Å². The molecule has 2 aliphatic carbocycles. The largest absolute Gasteiger partial charge is 0.444 e. The van der Waals surface area contributed by atoms with Crippen LogP contribution in [0.3, 0.4) is 0 Å². The minimum atomic E-state index is -0.856. The van der Waals surface area contributed by atoms with Crippen LogP contribution in [0.5, 0.6) is 0 Å². The summed E-state index contributed by atoms with van der Waals surface area (Å²) >= 11 is 0. The maximum absolute atomic E-state index is 14.2. The maximum Gasteiger partial charge on any atom is 0.410 e. The van der Waals surface area contributed by atoms with Gasteiger partial charge in [0.2, 0.25) is 17.7 Å². The lowest BCUT2D eigenvalue weighted by Crippen LogP contribution is -2.59. The number of carbonyl (C=O) groups is 4. The molecule has 0 radical (unpaired) electrons. The average molecular weight is 584 g/mol. The number of rotatable bonds is 7. The third-order valence-electron chi connectivity index (χ3n) is 8.93. The number of nitrogens with one attached hydrogen (secondary N) is 2. The Labute approximate surface area is 250 Å². The molecule has 1 aromatic carbocycles. The molecule has 3 aliphatic rings. The Balaban J connectivity index is 1.50. The van der Waals surface area contributed by atoms with E-state index in [2.05, 4.69) is 22.8 Å². The fourth-order valence-electron chi connectivity index (χ4n) is 6.50. The van der Waals surface area contributed by atoms with Crippen LogP contribution in [0.15, 0.2) is 24.3 Å². The summed E-state index contributed by atoms with van der Waals surface area (Å²) in [4.78, 5) is 56.8. The van der Waals surface area contributed by atoms with Crippen LogP contribution >= 0.6 is 0 Å². The van der Waals surface area contributed by atoms with E-state index in [-0.39, 0.29) is 36.4 Å². The van der Waals surface area contributed by atoms with Crippen LogP contribution < -0.4 is 16.4 Å². The lowest BCUT2D eigenvalue weighted by atomic mass is 9.83. The monoisotopic (exact) mass is 583 g/mol. The van der Waals surface area contributed by atoms with Crippen molar-refractivity contribution in [2.45, 2.75) is 121 Å². The summed E-state index contributed by atoms with van der Waals surface area (Å²) in [5.74, 6) is -0.972. The van der Waals surface area contributed by atoms with Crippen molar-refractivity contribution in [1.29, 1.82) is 0 Å². The molecule has 4 rings (SSSR count). The summed E-state index contributed by atoms with van der Waals surface area (Å²) in [5, 5.41) is 6.19. The van der Waals surface area contributed by atoms with Gasteiger partial charge in [-0.1, -0.05) is 43.5 Å². The van der Waals surface area contributed by atoms with Gasteiger partial charge in [-0.05, 0) is 83.3 Å². The van der Waals surface area contributed by atoms with Crippen LogP contribution in [0.25, 0.3) is 0 Å². The number of nitrogens with zero attached hydrogens (tertiary/aromatic N) is 2. The summed E-state index contributed by atoms with van der Waals surface area (Å²) in [6.07, 6.45) is 7.24. The van der Waals surface area contributed by atoms with Gasteiger partial charge in [0.25, 0.3) is 0 Å². The first-order chi connectivity index (χ1) is 19.9. The second kappa shape index (κ2) is 13.4. The number of ether oxygens (including phenoxy) is 1. The fraction of sp³-hybridized carbons (Fsp3) is 0.688. The van der Waals surface area contributed by atoms with Crippen molar-refractivity contribution in [1.82, 2.24) is 20.4 Å². The third-order valence-corrected chi connectivity index (χ3v) is 8.93. The molecule has 232 valence electrons. The van der Waals surface area contributed by atoms with Gasteiger partial charge in [-0.25, -0.2) is 4.79 Å². The van der Waals surface area contributed by atoms with Gasteiger partial charge in [-0.15, -0.1) is 0 Å². The van der Waals surface area contributed by atoms with Gasteiger partial charge < -0.3 is 26.0 Å². The Morgan fingerprint density at radius 2 is 1.74 bits per heavy atom. The number of benzene rings is 1. The predicted molar refractivity (Wildman–Crippen MR) is 160 cm³/mol. The van der Waals surface area contributed by atoms with E-state index in [1.54, 1.807) is 32.6 Å². The summed E-state index contributed by atoms with van der Waals surface area (Å²) in [7, 11) is 1.51. The number of likely N-dealkylation sites (tertiary alicyclic amines) is 1. The molecule has 42 heavy (non-hydrogen) atoms. The number of hydrogen-bond acceptors (Lipinski definition) is 6. The number of aryl methyl sites for hydroxylation is 1. The zero-order valence-corrected chi connectivity index (χ0v) is 25.9. The highest BCUT2D eigenvalue weighted by molar-refractivity contribution is 5.94. The number of fused-ring (bicyclic) bond motifs is 1. The van der Waals surface area contributed by atoms with Crippen LogP contribution in [-0.4, -0.2) is 77.0 Å². The quantitative estimate of drug-likeness (QED) is 0.450. The van der Waals surface area contributed by atoms with Crippen molar-refractivity contribution in [2.75, 3.05) is 13.6 Å². The van der Waals surface area contributed by atoms with Gasteiger partial charge in [0.05, 0.1) is 6.04 Å². The van der Waals surface area contributed by atoms with Crippen LogP contribution in [0.4, 0.5) is 4.79 Å². The fourth-order valence-corrected chi connectivity index (χ4v) is 6.50. The van der Waals surface area contributed by atoms with E-state index in [1.165, 1.54) is 17.5 Å². The van der Waals surface area contributed by atoms with Gasteiger partial charge in [0.1, 0.15) is 23.7 Å². The Morgan fingerprint density at radius 3 is 2.43 bits per heavy atom. The molecule has 1 heterocycles. The van der Waals surface area contributed by atoms with Crippen molar-refractivity contribution in [2.24, 2.45) is 11.7 Å². The molecule has 0 unspecified atom stereocenters. The third kappa shape index (κ3) is 7.62. The summed E-state index contributed by atoms with van der Waals surface area (Å²) < 4.78 is 5.43. The second-order valence-electron chi connectivity index (χ2n) is 13.3. The molecule has 5 atom stereocenters. The normalized spacial score (nSPS) is 24.2. The molecule has 10 heteroatoms. The Morgan fingerprint density at radius 1 is 1.05 bits per heavy atom. The molecular formula is C32H49N5O5. The summed E-state index contributed by atoms with van der Waals surface area (Å²) in [5.41, 5.74) is 8.01. The molecule has 1 aromatic rings. The van der Waals surface area contributed by atoms with E-state index in [9.17, 15) is 19.2 Å². The van der Waals surface area contributed by atoms with E-state index in [4.69, 9.17) is 10.5 Å². The number of nitrogens with two attached hydrogens (primary N) is 1. The molecular weight excluding hydrogens is 534 g/mol. The van der Waals surface area contributed by atoms with Crippen molar-refractivity contribution < 1.29 is 23.9 Å².